The number of benzene rings is 2. The van der Waals surface area contributed by atoms with E-state index in [0.29, 0.717) is 11.4 Å². The Hall–Kier alpha value is -2.98. The fourth-order valence-electron chi connectivity index (χ4n) is 3.88. The Kier molecular flexibility index (Phi) is 6.40. The van der Waals surface area contributed by atoms with Crippen LogP contribution in [-0.4, -0.2) is 28.6 Å². The highest BCUT2D eigenvalue weighted by Gasteiger charge is 2.34. The van der Waals surface area contributed by atoms with Gasteiger partial charge >= 0.3 is 0 Å². The number of nitrogens with one attached hydrogen (secondary N) is 1. The maximum atomic E-state index is 13.3. The minimum absolute atomic E-state index is 0.0264. The van der Waals surface area contributed by atoms with Crippen molar-refractivity contribution in [3.05, 3.63) is 80.2 Å². The summed E-state index contributed by atoms with van der Waals surface area (Å²) in [6, 6.07) is 15.2. The van der Waals surface area contributed by atoms with Crippen LogP contribution < -0.4 is 15.0 Å². The molecule has 2 heterocycles. The number of carbonyl (C=O) groups is 2. The van der Waals surface area contributed by atoms with Crippen LogP contribution >= 0.6 is 34.8 Å². The van der Waals surface area contributed by atoms with E-state index < -0.39 is 11.8 Å². The number of methoxy groups -OCH3 is 1. The molecule has 3 aromatic rings. The molecule has 0 unspecified atom stereocenters. The van der Waals surface area contributed by atoms with E-state index in [0.717, 1.165) is 22.6 Å². The summed E-state index contributed by atoms with van der Waals surface area (Å²) in [5, 5.41) is 2.68. The number of carbonyl (C=O) groups excluding carboxylic acids is 2. The molecule has 1 fully saturated rings. The molecular weight excluding hydrogens is 549 g/mol. The Morgan fingerprint density at radius 2 is 1.67 bits per heavy atom. The van der Waals surface area contributed by atoms with E-state index in [4.69, 9.17) is 17.0 Å². The second-order valence-corrected chi connectivity index (χ2v) is 9.30. The van der Waals surface area contributed by atoms with Crippen molar-refractivity contribution in [2.24, 2.45) is 0 Å². The molecule has 1 aromatic heterocycles. The van der Waals surface area contributed by atoms with Crippen molar-refractivity contribution >= 4 is 63.5 Å². The van der Waals surface area contributed by atoms with E-state index in [1.54, 1.807) is 37.5 Å². The quantitative estimate of drug-likeness (QED) is 0.211. The van der Waals surface area contributed by atoms with E-state index in [2.05, 4.69) is 57.6 Å². The van der Waals surface area contributed by atoms with Crippen molar-refractivity contribution in [2.45, 2.75) is 20.8 Å². The second-order valence-electron chi connectivity index (χ2n) is 7.75. The summed E-state index contributed by atoms with van der Waals surface area (Å²) >= 11 is 7.60. The van der Waals surface area contributed by atoms with Crippen LogP contribution in [0.1, 0.15) is 22.5 Å². The first-order valence-electron chi connectivity index (χ1n) is 10.2. The summed E-state index contributed by atoms with van der Waals surface area (Å²) in [5.74, 6) is -0.319. The lowest BCUT2D eigenvalue weighted by atomic mass is 10.1. The van der Waals surface area contributed by atoms with Gasteiger partial charge in [-0.05, 0) is 121 Å². The van der Waals surface area contributed by atoms with Crippen molar-refractivity contribution in [3.63, 3.8) is 0 Å². The molecule has 8 heteroatoms. The molecule has 0 bridgehead atoms. The molecule has 6 nitrogen and oxygen atoms in total. The predicted octanol–water partition coefficient (Wildman–Crippen LogP) is 4.85. The lowest BCUT2D eigenvalue weighted by molar-refractivity contribution is -0.122. The van der Waals surface area contributed by atoms with E-state index in [9.17, 15) is 9.59 Å². The molecule has 2 amide bonds. The van der Waals surface area contributed by atoms with Gasteiger partial charge in [0.1, 0.15) is 11.3 Å². The van der Waals surface area contributed by atoms with Crippen LogP contribution in [0.2, 0.25) is 0 Å². The molecule has 4 rings (SSSR count). The molecule has 2 aromatic carbocycles. The zero-order valence-corrected chi connectivity index (χ0v) is 21.6. The second kappa shape index (κ2) is 9.11. The van der Waals surface area contributed by atoms with Crippen LogP contribution in [0, 0.1) is 24.3 Å². The number of anilines is 1. The average molecular weight is 571 g/mol. The van der Waals surface area contributed by atoms with Gasteiger partial charge < -0.3 is 9.30 Å². The van der Waals surface area contributed by atoms with Crippen molar-refractivity contribution < 1.29 is 14.3 Å². The highest BCUT2D eigenvalue weighted by atomic mass is 127. The first-order valence-corrected chi connectivity index (χ1v) is 11.7. The van der Waals surface area contributed by atoms with Crippen LogP contribution in [0.25, 0.3) is 11.8 Å². The van der Waals surface area contributed by atoms with Gasteiger partial charge in [0.05, 0.1) is 12.8 Å². The standard InChI is InChI=1S/C25H22IN3O3S/c1-14-11-19(7-10-22(14)26)28-15(2)12-17(16(28)3)13-21-23(30)27-25(33)29(24(21)31)18-5-8-20(32-4)9-6-18/h5-13H,1-4H3,(H,27,30,33). The average Bonchev–Trinajstić information content (AvgIpc) is 3.06. The zero-order valence-electron chi connectivity index (χ0n) is 18.6. The van der Waals surface area contributed by atoms with Gasteiger partial charge in [0.25, 0.3) is 11.8 Å². The van der Waals surface area contributed by atoms with Crippen molar-refractivity contribution in [1.29, 1.82) is 0 Å². The molecule has 0 aliphatic carbocycles. The third kappa shape index (κ3) is 4.32. The third-order valence-electron chi connectivity index (χ3n) is 5.60. The Bertz CT molecular complexity index is 1330. The van der Waals surface area contributed by atoms with Crippen molar-refractivity contribution in [3.8, 4) is 11.4 Å². The van der Waals surface area contributed by atoms with Crippen LogP contribution in [-0.2, 0) is 9.59 Å². The topological polar surface area (TPSA) is 63.6 Å². The van der Waals surface area contributed by atoms with Gasteiger partial charge in [-0.25, -0.2) is 0 Å². The highest BCUT2D eigenvalue weighted by Crippen LogP contribution is 2.28. The summed E-state index contributed by atoms with van der Waals surface area (Å²) in [4.78, 5) is 27.4. The Labute approximate surface area is 211 Å². The van der Waals surface area contributed by atoms with Gasteiger partial charge in [-0.2, -0.15) is 0 Å². The Morgan fingerprint density at radius 3 is 2.30 bits per heavy atom. The normalized spacial score (nSPS) is 15.2. The summed E-state index contributed by atoms with van der Waals surface area (Å²) in [6.45, 7) is 6.05. The van der Waals surface area contributed by atoms with Gasteiger partial charge in [0.2, 0.25) is 0 Å². The van der Waals surface area contributed by atoms with E-state index in [1.807, 2.05) is 19.9 Å². The number of ether oxygens (including phenoxy) is 1. The first-order chi connectivity index (χ1) is 15.7. The molecule has 0 radical (unpaired) electrons. The monoisotopic (exact) mass is 571 g/mol. The van der Waals surface area contributed by atoms with Gasteiger partial charge in [-0.3, -0.25) is 19.8 Å². The van der Waals surface area contributed by atoms with Gasteiger partial charge in [0, 0.05) is 20.6 Å². The maximum Gasteiger partial charge on any atom is 0.270 e. The number of halogens is 1. The summed E-state index contributed by atoms with van der Waals surface area (Å²) in [5.41, 5.74) is 5.54. The largest absolute Gasteiger partial charge is 0.497 e. The number of aryl methyl sites for hydroxylation is 2. The van der Waals surface area contributed by atoms with E-state index in [1.165, 1.54) is 14.0 Å². The molecule has 0 saturated carbocycles. The fraction of sp³-hybridized carbons (Fsp3) is 0.160. The van der Waals surface area contributed by atoms with Crippen LogP contribution in [0.4, 0.5) is 5.69 Å². The molecule has 1 N–H and O–H groups in total. The zero-order chi connectivity index (χ0) is 23.9. The Morgan fingerprint density at radius 1 is 1.00 bits per heavy atom. The predicted molar refractivity (Wildman–Crippen MR) is 142 cm³/mol. The maximum absolute atomic E-state index is 13.3. The fourth-order valence-corrected chi connectivity index (χ4v) is 4.49. The molecule has 0 atom stereocenters. The number of aromatic nitrogens is 1. The summed E-state index contributed by atoms with van der Waals surface area (Å²) in [6.07, 6.45) is 1.63. The molecule has 0 spiro atoms. The van der Waals surface area contributed by atoms with Gasteiger partial charge in [-0.1, -0.05) is 0 Å². The molecule has 1 saturated heterocycles. The minimum Gasteiger partial charge on any atom is -0.497 e. The molecule has 1 aliphatic heterocycles. The van der Waals surface area contributed by atoms with Gasteiger partial charge in [-0.15, -0.1) is 0 Å². The number of hydrogen-bond acceptors (Lipinski definition) is 4. The van der Waals surface area contributed by atoms with Gasteiger partial charge in [0.15, 0.2) is 5.11 Å². The number of thiocarbonyl (C=S) groups is 1. The number of amides is 2. The molecule has 33 heavy (non-hydrogen) atoms. The van der Waals surface area contributed by atoms with Crippen LogP contribution in [0.5, 0.6) is 5.75 Å². The lowest BCUT2D eigenvalue weighted by Gasteiger charge is -2.29. The van der Waals surface area contributed by atoms with E-state index >= 15 is 0 Å². The SMILES string of the molecule is COc1ccc(N2C(=O)C(=Cc3cc(C)n(-c4ccc(I)c(C)c4)c3C)C(=O)NC2=S)cc1. The van der Waals surface area contributed by atoms with Crippen LogP contribution in [0.3, 0.4) is 0 Å². The molecule has 168 valence electrons. The van der Waals surface area contributed by atoms with Crippen molar-refractivity contribution in [2.75, 3.05) is 12.0 Å². The van der Waals surface area contributed by atoms with Crippen molar-refractivity contribution in [1.82, 2.24) is 9.88 Å². The summed E-state index contributed by atoms with van der Waals surface area (Å²) < 4.78 is 8.50. The lowest BCUT2D eigenvalue weighted by Crippen LogP contribution is -2.54. The van der Waals surface area contributed by atoms with E-state index in [-0.39, 0.29) is 10.7 Å². The smallest absolute Gasteiger partial charge is 0.270 e. The number of nitrogens with zero attached hydrogens (tertiary/aromatic N) is 2. The first kappa shape index (κ1) is 23.2. The van der Waals surface area contributed by atoms with Crippen LogP contribution in [0.15, 0.2) is 54.1 Å². The minimum atomic E-state index is -0.510. The number of hydrogen-bond donors (Lipinski definition) is 1. The highest BCUT2D eigenvalue weighted by molar-refractivity contribution is 14.1. The number of rotatable bonds is 4. The third-order valence-corrected chi connectivity index (χ3v) is 7.10. The summed E-state index contributed by atoms with van der Waals surface area (Å²) in [7, 11) is 1.57. The molecular formula is C25H22IN3O3S. The Balaban J connectivity index is 1.74. The molecule has 1 aliphatic rings.